The van der Waals surface area contributed by atoms with E-state index in [-0.39, 0.29) is 43.4 Å². The first-order chi connectivity index (χ1) is 21.9. The van der Waals surface area contributed by atoms with Gasteiger partial charge < -0.3 is 18.9 Å². The Morgan fingerprint density at radius 1 is 0.444 bits per heavy atom. The summed E-state index contributed by atoms with van der Waals surface area (Å²) in [6, 6.07) is 0. The van der Waals surface area contributed by atoms with Gasteiger partial charge in [-0.2, -0.15) is 0 Å². The predicted octanol–water partition coefficient (Wildman–Crippen LogP) is 8.84. The molecule has 0 aromatic carbocycles. The molecule has 45 heavy (non-hydrogen) atoms. The quantitative estimate of drug-likeness (QED) is 0.0238. The van der Waals surface area contributed by atoms with Crippen molar-refractivity contribution in [1.82, 2.24) is 0 Å². The molecule has 0 saturated heterocycles. The lowest BCUT2D eigenvalue weighted by Gasteiger charge is -2.07. The summed E-state index contributed by atoms with van der Waals surface area (Å²) in [5.74, 6) is -1.70. The van der Waals surface area contributed by atoms with E-state index >= 15 is 0 Å². The maximum atomic E-state index is 11.8. The van der Waals surface area contributed by atoms with Crippen molar-refractivity contribution in [3.63, 3.8) is 0 Å². The zero-order chi connectivity index (χ0) is 33.2. The number of esters is 4. The molecule has 0 N–H and O–H groups in total. The number of allylic oxidation sites excluding steroid dienone is 4. The van der Waals surface area contributed by atoms with E-state index in [1.165, 1.54) is 19.3 Å². The summed E-state index contributed by atoms with van der Waals surface area (Å²) in [5.41, 5.74) is 0.107. The maximum Gasteiger partial charge on any atom is 0.333 e. The van der Waals surface area contributed by atoms with E-state index in [9.17, 15) is 19.2 Å². The fourth-order valence-electron chi connectivity index (χ4n) is 4.30. The van der Waals surface area contributed by atoms with Crippen molar-refractivity contribution in [1.29, 1.82) is 0 Å². The molecular formula is C37H60O8. The van der Waals surface area contributed by atoms with Crippen LogP contribution in [0.4, 0.5) is 0 Å². The molecule has 0 spiro atoms. The van der Waals surface area contributed by atoms with Crippen molar-refractivity contribution in [2.75, 3.05) is 26.4 Å². The van der Waals surface area contributed by atoms with Gasteiger partial charge in [-0.15, -0.1) is 13.2 Å². The van der Waals surface area contributed by atoms with E-state index in [1.54, 1.807) is 6.08 Å². The predicted molar refractivity (Wildman–Crippen MR) is 179 cm³/mol. The highest BCUT2D eigenvalue weighted by Gasteiger charge is 2.14. The number of rotatable bonds is 32. The van der Waals surface area contributed by atoms with Gasteiger partial charge in [-0.25, -0.2) is 4.79 Å². The topological polar surface area (TPSA) is 105 Å². The van der Waals surface area contributed by atoms with Gasteiger partial charge in [0.15, 0.2) is 0 Å². The van der Waals surface area contributed by atoms with E-state index in [2.05, 4.69) is 31.9 Å². The van der Waals surface area contributed by atoms with Crippen LogP contribution in [-0.4, -0.2) is 50.3 Å². The first-order valence-electron chi connectivity index (χ1n) is 17.1. The lowest BCUT2D eigenvalue weighted by Crippen LogP contribution is -2.14. The van der Waals surface area contributed by atoms with Crippen LogP contribution in [0.1, 0.15) is 135 Å². The van der Waals surface area contributed by atoms with Gasteiger partial charge in [0.05, 0.1) is 45.7 Å². The zero-order valence-electron chi connectivity index (χ0n) is 27.9. The second kappa shape index (κ2) is 32.2. The summed E-state index contributed by atoms with van der Waals surface area (Å²) < 4.78 is 20.7. The number of hydrogen-bond donors (Lipinski definition) is 0. The van der Waals surface area contributed by atoms with Crippen molar-refractivity contribution in [3.8, 4) is 0 Å². The molecule has 0 heterocycles. The second-order valence-electron chi connectivity index (χ2n) is 11.2. The van der Waals surface area contributed by atoms with Crippen molar-refractivity contribution >= 4 is 23.9 Å². The lowest BCUT2D eigenvalue weighted by atomic mass is 10.1. The average Bonchev–Trinajstić information content (AvgIpc) is 3.02. The third kappa shape index (κ3) is 30.6. The summed E-state index contributed by atoms with van der Waals surface area (Å²) in [6.07, 6.45) is 26.2. The fraction of sp³-hybridized carbons (Fsp3) is 0.676. The Balaban J connectivity index is 3.49. The molecule has 0 rings (SSSR count). The Bertz CT molecular complexity index is 860. The van der Waals surface area contributed by atoms with Crippen molar-refractivity contribution < 1.29 is 38.1 Å². The van der Waals surface area contributed by atoms with Crippen molar-refractivity contribution in [2.24, 2.45) is 0 Å². The van der Waals surface area contributed by atoms with Gasteiger partial charge in [0, 0.05) is 5.57 Å². The molecule has 0 aromatic heterocycles. The zero-order valence-corrected chi connectivity index (χ0v) is 27.9. The molecule has 0 unspecified atom stereocenters. The molecule has 0 saturated carbocycles. The van der Waals surface area contributed by atoms with Gasteiger partial charge >= 0.3 is 23.9 Å². The largest absolute Gasteiger partial charge is 0.466 e. The Labute approximate surface area is 272 Å². The molecule has 0 amide bonds. The smallest absolute Gasteiger partial charge is 0.333 e. The summed E-state index contributed by atoms with van der Waals surface area (Å²) >= 11 is 0. The van der Waals surface area contributed by atoms with E-state index < -0.39 is 11.9 Å². The third-order valence-electron chi connectivity index (χ3n) is 7.00. The van der Waals surface area contributed by atoms with Crippen LogP contribution in [0.3, 0.4) is 0 Å². The fourth-order valence-corrected chi connectivity index (χ4v) is 4.30. The Hall–Kier alpha value is -3.16. The molecule has 0 fully saturated rings. The van der Waals surface area contributed by atoms with Crippen molar-refractivity contribution in [3.05, 3.63) is 49.6 Å². The molecule has 8 heteroatoms. The molecule has 0 aliphatic heterocycles. The Kier molecular flexibility index (Phi) is 30.0. The van der Waals surface area contributed by atoms with Gasteiger partial charge in [-0.3, -0.25) is 14.4 Å². The standard InChI is InChI=1S/C37H60O8/c1-4-6-8-9-10-16-19-23-28-42-34(38)26-27-35(39)43-29-24-20-17-14-12-11-13-15-18-21-25-30-44-36(40)32-33(3)37(41)45-31-22-7-5-2/h4-5,15,18H,1-3,6-14,16-17,19-32H2/b18-15+. The monoisotopic (exact) mass is 632 g/mol. The molecular weight excluding hydrogens is 572 g/mol. The van der Waals surface area contributed by atoms with Crippen molar-refractivity contribution in [2.45, 2.75) is 135 Å². The minimum absolute atomic E-state index is 0.0755. The SMILES string of the molecule is C=CCCCCCCCCOC(=O)CCC(=O)OCCCCCCCC/C=C/CCCOC(=O)CC(=C)C(=O)OCCCC=C. The van der Waals surface area contributed by atoms with Crippen LogP contribution < -0.4 is 0 Å². The van der Waals surface area contributed by atoms with E-state index in [1.807, 2.05) is 6.08 Å². The number of carbonyl (C=O) groups excluding carboxylic acids is 4. The number of ether oxygens (including phenoxy) is 4. The van der Waals surface area contributed by atoms with Crippen LogP contribution in [0.15, 0.2) is 49.6 Å². The second-order valence-corrected chi connectivity index (χ2v) is 11.2. The minimum Gasteiger partial charge on any atom is -0.466 e. The van der Waals surface area contributed by atoms with E-state index in [0.717, 1.165) is 89.9 Å². The molecule has 0 aliphatic carbocycles. The highest BCUT2D eigenvalue weighted by molar-refractivity contribution is 5.93. The van der Waals surface area contributed by atoms with Crippen LogP contribution in [-0.2, 0) is 38.1 Å². The summed E-state index contributed by atoms with van der Waals surface area (Å²) in [4.78, 5) is 47.2. The number of carbonyl (C=O) groups is 4. The third-order valence-corrected chi connectivity index (χ3v) is 7.00. The highest BCUT2D eigenvalue weighted by Crippen LogP contribution is 2.10. The van der Waals surface area contributed by atoms with Gasteiger partial charge in [0.25, 0.3) is 0 Å². The minimum atomic E-state index is -0.561. The van der Waals surface area contributed by atoms with E-state index in [4.69, 9.17) is 18.9 Å². The molecule has 0 aromatic rings. The Morgan fingerprint density at radius 3 is 1.38 bits per heavy atom. The molecule has 0 bridgehead atoms. The summed E-state index contributed by atoms with van der Waals surface area (Å²) in [6.45, 7) is 12.4. The highest BCUT2D eigenvalue weighted by atomic mass is 16.5. The van der Waals surface area contributed by atoms with Crippen LogP contribution in [0.2, 0.25) is 0 Å². The first kappa shape index (κ1) is 41.8. The number of unbranched alkanes of at least 4 members (excludes halogenated alkanes) is 14. The van der Waals surface area contributed by atoms with Gasteiger partial charge in [-0.05, 0) is 64.2 Å². The first-order valence-corrected chi connectivity index (χ1v) is 17.1. The van der Waals surface area contributed by atoms with Gasteiger partial charge in [-0.1, -0.05) is 82.2 Å². The van der Waals surface area contributed by atoms with Crippen LogP contribution in [0.5, 0.6) is 0 Å². The summed E-state index contributed by atoms with van der Waals surface area (Å²) in [5, 5.41) is 0. The Morgan fingerprint density at radius 2 is 0.822 bits per heavy atom. The molecule has 0 radical (unpaired) electrons. The lowest BCUT2D eigenvalue weighted by molar-refractivity contribution is -0.150. The molecule has 0 aliphatic rings. The molecule has 256 valence electrons. The van der Waals surface area contributed by atoms with Crippen LogP contribution in [0.25, 0.3) is 0 Å². The van der Waals surface area contributed by atoms with Crippen LogP contribution in [0, 0.1) is 0 Å². The molecule has 8 nitrogen and oxygen atoms in total. The normalized spacial score (nSPS) is 10.8. The maximum absolute atomic E-state index is 11.8. The van der Waals surface area contributed by atoms with E-state index in [0.29, 0.717) is 26.2 Å². The number of hydrogen-bond acceptors (Lipinski definition) is 8. The summed E-state index contributed by atoms with van der Waals surface area (Å²) in [7, 11) is 0. The van der Waals surface area contributed by atoms with Gasteiger partial charge in [0.1, 0.15) is 0 Å². The molecule has 0 atom stereocenters. The van der Waals surface area contributed by atoms with Gasteiger partial charge in [0.2, 0.25) is 0 Å². The van der Waals surface area contributed by atoms with Crippen LogP contribution >= 0.6 is 0 Å². The average molecular weight is 633 g/mol.